The third kappa shape index (κ3) is 5.64. The van der Waals surface area contributed by atoms with Gasteiger partial charge in [0.15, 0.2) is 0 Å². The molecule has 0 bridgehead atoms. The maximum atomic E-state index is 12.7. The number of anilines is 2. The van der Waals surface area contributed by atoms with Crippen LogP contribution in [0.4, 0.5) is 11.8 Å². The van der Waals surface area contributed by atoms with Crippen LogP contribution < -0.4 is 15.4 Å². The van der Waals surface area contributed by atoms with Crippen molar-refractivity contribution in [3.05, 3.63) is 42.4 Å². The number of nitrogens with zero attached hydrogens (tertiary/aromatic N) is 6. The fourth-order valence-electron chi connectivity index (χ4n) is 4.93. The van der Waals surface area contributed by atoms with Crippen molar-refractivity contribution in [1.82, 2.24) is 29.7 Å². The van der Waals surface area contributed by atoms with Crippen LogP contribution in [0.15, 0.2) is 36.8 Å². The molecular weight excluding hydrogens is 456 g/mol. The molecule has 10 heteroatoms. The van der Waals surface area contributed by atoms with Crippen molar-refractivity contribution in [1.29, 1.82) is 0 Å². The smallest absolute Gasteiger partial charge is 0.257 e. The minimum absolute atomic E-state index is 0.0103. The Morgan fingerprint density at radius 2 is 1.78 bits per heavy atom. The van der Waals surface area contributed by atoms with E-state index >= 15 is 0 Å². The van der Waals surface area contributed by atoms with Gasteiger partial charge in [-0.15, -0.1) is 0 Å². The summed E-state index contributed by atoms with van der Waals surface area (Å²) in [6, 6.07) is 6.40. The molecule has 0 unspecified atom stereocenters. The Bertz CT molecular complexity index is 1170. The van der Waals surface area contributed by atoms with Gasteiger partial charge in [-0.1, -0.05) is 0 Å². The summed E-state index contributed by atoms with van der Waals surface area (Å²) < 4.78 is 5.36. The number of rotatable bonds is 7. The lowest BCUT2D eigenvalue weighted by Gasteiger charge is -2.32. The van der Waals surface area contributed by atoms with Crippen LogP contribution in [0.3, 0.4) is 0 Å². The van der Waals surface area contributed by atoms with Crippen LogP contribution in [0, 0.1) is 5.92 Å². The monoisotopic (exact) mass is 490 g/mol. The summed E-state index contributed by atoms with van der Waals surface area (Å²) >= 11 is 0. The van der Waals surface area contributed by atoms with E-state index in [0.717, 1.165) is 75.1 Å². The number of aromatic nitrogens is 4. The lowest BCUT2D eigenvalue weighted by Crippen LogP contribution is -2.47. The highest BCUT2D eigenvalue weighted by atomic mass is 16.5. The fourth-order valence-corrected chi connectivity index (χ4v) is 4.93. The fraction of sp³-hybridized carbons (Fsp3) is 0.500. The second kappa shape index (κ2) is 11.0. The van der Waals surface area contributed by atoms with Crippen LogP contribution in [0.1, 0.15) is 36.0 Å². The first-order chi connectivity index (χ1) is 17.6. The lowest BCUT2D eigenvalue weighted by molar-refractivity contribution is 0.0663. The number of carbonyl (C=O) groups is 1. The van der Waals surface area contributed by atoms with E-state index in [0.29, 0.717) is 29.4 Å². The molecule has 1 amide bonds. The summed E-state index contributed by atoms with van der Waals surface area (Å²) in [5, 5.41) is 7.96. The van der Waals surface area contributed by atoms with Crippen molar-refractivity contribution >= 4 is 28.6 Å². The molecule has 2 N–H and O–H groups in total. The molecule has 190 valence electrons. The molecule has 4 heterocycles. The molecule has 0 spiro atoms. The first-order valence-electron chi connectivity index (χ1n) is 12.7. The van der Waals surface area contributed by atoms with Crippen molar-refractivity contribution in [3.63, 3.8) is 0 Å². The molecule has 3 aromatic rings. The highest BCUT2D eigenvalue weighted by Gasteiger charge is 2.23. The zero-order valence-electron chi connectivity index (χ0n) is 21.0. The summed E-state index contributed by atoms with van der Waals surface area (Å²) in [5.74, 6) is 2.55. The van der Waals surface area contributed by atoms with Crippen molar-refractivity contribution < 1.29 is 9.53 Å². The quantitative estimate of drug-likeness (QED) is 0.517. The van der Waals surface area contributed by atoms with E-state index in [1.165, 1.54) is 0 Å². The third-order valence-electron chi connectivity index (χ3n) is 7.21. The number of pyridine rings is 2. The maximum Gasteiger partial charge on any atom is 0.257 e. The van der Waals surface area contributed by atoms with Gasteiger partial charge in [0, 0.05) is 62.7 Å². The van der Waals surface area contributed by atoms with Crippen LogP contribution >= 0.6 is 0 Å². The minimum Gasteiger partial charge on any atom is -0.479 e. The second-order valence-electron chi connectivity index (χ2n) is 9.72. The van der Waals surface area contributed by atoms with Gasteiger partial charge in [0.25, 0.3) is 5.91 Å². The van der Waals surface area contributed by atoms with E-state index in [1.54, 1.807) is 25.7 Å². The molecule has 1 saturated heterocycles. The molecule has 1 aliphatic carbocycles. The molecule has 5 rings (SSSR count). The summed E-state index contributed by atoms with van der Waals surface area (Å²) in [5.41, 5.74) is 1.33. The molecule has 0 aromatic carbocycles. The number of ether oxygens (including phenoxy) is 1. The number of hydrogen-bond donors (Lipinski definition) is 2. The Morgan fingerprint density at radius 3 is 2.50 bits per heavy atom. The average molecular weight is 491 g/mol. The Morgan fingerprint density at radius 1 is 1.03 bits per heavy atom. The molecule has 36 heavy (non-hydrogen) atoms. The van der Waals surface area contributed by atoms with Crippen LogP contribution in [0.2, 0.25) is 0 Å². The predicted molar refractivity (Wildman–Crippen MR) is 139 cm³/mol. The first-order valence-corrected chi connectivity index (χ1v) is 12.7. The standard InChI is InChI=1S/C26H34N8O2/c1-33-11-13-34(14-12-33)25(35)20-16-29-26(30-17-20)28-15-18-3-6-21(7-4-18)31-22-8-5-19-9-10-27-24(36-2)23(19)32-22/h5,8-10,16-18,21H,3-4,6-7,11-15H2,1-2H3,(H,31,32)(H,28,29,30). The van der Waals surface area contributed by atoms with Gasteiger partial charge < -0.3 is 25.2 Å². The van der Waals surface area contributed by atoms with Crippen LogP contribution in [0.25, 0.3) is 10.9 Å². The van der Waals surface area contributed by atoms with Gasteiger partial charge in [-0.05, 0) is 56.8 Å². The number of methoxy groups -OCH3 is 1. The van der Waals surface area contributed by atoms with Gasteiger partial charge in [-0.2, -0.15) is 0 Å². The van der Waals surface area contributed by atoms with E-state index in [9.17, 15) is 4.79 Å². The number of fused-ring (bicyclic) bond motifs is 1. The molecule has 3 aromatic heterocycles. The molecule has 0 atom stereocenters. The largest absolute Gasteiger partial charge is 0.479 e. The lowest BCUT2D eigenvalue weighted by atomic mass is 9.86. The Hall–Kier alpha value is -3.53. The van der Waals surface area contributed by atoms with Gasteiger partial charge in [0.1, 0.15) is 11.3 Å². The van der Waals surface area contributed by atoms with Gasteiger partial charge in [0.2, 0.25) is 11.8 Å². The van der Waals surface area contributed by atoms with E-state index in [-0.39, 0.29) is 5.91 Å². The molecule has 10 nitrogen and oxygen atoms in total. The minimum atomic E-state index is 0.0103. The summed E-state index contributed by atoms with van der Waals surface area (Å²) in [6.07, 6.45) is 9.39. The predicted octanol–water partition coefficient (Wildman–Crippen LogP) is 2.90. The Labute approximate surface area is 211 Å². The molecular formula is C26H34N8O2. The summed E-state index contributed by atoms with van der Waals surface area (Å²) in [4.78, 5) is 34.5. The zero-order valence-corrected chi connectivity index (χ0v) is 21.0. The van der Waals surface area contributed by atoms with Crippen LogP contribution in [-0.4, -0.2) is 88.6 Å². The van der Waals surface area contributed by atoms with E-state index in [1.807, 2.05) is 23.1 Å². The van der Waals surface area contributed by atoms with E-state index < -0.39 is 0 Å². The molecule has 2 aliphatic rings. The molecule has 1 saturated carbocycles. The van der Waals surface area contributed by atoms with E-state index in [2.05, 4.69) is 37.5 Å². The zero-order chi connectivity index (χ0) is 24.9. The number of amides is 1. The van der Waals surface area contributed by atoms with Crippen molar-refractivity contribution in [2.24, 2.45) is 5.92 Å². The van der Waals surface area contributed by atoms with Crippen molar-refractivity contribution in [2.45, 2.75) is 31.7 Å². The summed E-state index contributed by atoms with van der Waals surface area (Å²) in [7, 11) is 3.69. The van der Waals surface area contributed by atoms with Gasteiger partial charge >= 0.3 is 0 Å². The van der Waals surface area contributed by atoms with Crippen molar-refractivity contribution in [2.75, 3.05) is 57.5 Å². The normalized spacial score (nSPS) is 20.8. The van der Waals surface area contributed by atoms with Gasteiger partial charge in [-0.25, -0.2) is 19.9 Å². The Balaban J connectivity index is 1.08. The number of piperazine rings is 1. The maximum absolute atomic E-state index is 12.7. The van der Waals surface area contributed by atoms with E-state index in [4.69, 9.17) is 9.72 Å². The van der Waals surface area contributed by atoms with Crippen LogP contribution in [0.5, 0.6) is 5.88 Å². The topological polar surface area (TPSA) is 108 Å². The van der Waals surface area contributed by atoms with Crippen molar-refractivity contribution in [3.8, 4) is 5.88 Å². The summed E-state index contributed by atoms with van der Waals surface area (Å²) in [6.45, 7) is 4.12. The number of hydrogen-bond acceptors (Lipinski definition) is 9. The highest BCUT2D eigenvalue weighted by molar-refractivity contribution is 5.93. The number of carbonyl (C=O) groups excluding carboxylic acids is 1. The number of likely N-dealkylation sites (N-methyl/N-ethyl adjacent to an activating group) is 1. The molecule has 2 fully saturated rings. The second-order valence-corrected chi connectivity index (χ2v) is 9.72. The highest BCUT2D eigenvalue weighted by Crippen LogP contribution is 2.28. The molecule has 1 aliphatic heterocycles. The van der Waals surface area contributed by atoms with Gasteiger partial charge in [0.05, 0.1) is 12.7 Å². The third-order valence-corrected chi connectivity index (χ3v) is 7.21. The van der Waals surface area contributed by atoms with Crippen LogP contribution in [-0.2, 0) is 0 Å². The number of nitrogens with one attached hydrogen (secondary N) is 2. The SMILES string of the molecule is COc1nccc2ccc(NC3CCC(CNc4ncc(C(=O)N5CCN(C)CC5)cn4)CC3)nc12. The first kappa shape index (κ1) is 24.2. The average Bonchev–Trinajstić information content (AvgIpc) is 2.92. The molecule has 0 radical (unpaired) electrons. The Kier molecular flexibility index (Phi) is 7.41. The van der Waals surface area contributed by atoms with Gasteiger partial charge in [-0.3, -0.25) is 4.79 Å².